The van der Waals surface area contributed by atoms with Crippen molar-refractivity contribution in [3.05, 3.63) is 52.6 Å². The molecule has 1 aliphatic rings. The predicted molar refractivity (Wildman–Crippen MR) is 99.5 cm³/mol. The molecule has 0 aliphatic carbocycles. The van der Waals surface area contributed by atoms with Crippen molar-refractivity contribution in [3.8, 4) is 0 Å². The molecule has 0 amide bonds. The average Bonchev–Trinajstić information content (AvgIpc) is 2.93. The Morgan fingerprint density at radius 2 is 1.63 bits per heavy atom. The molecule has 27 heavy (non-hydrogen) atoms. The molecule has 2 rings (SSSR count). The van der Waals surface area contributed by atoms with Crippen molar-refractivity contribution < 1.29 is 28.6 Å². The Morgan fingerprint density at radius 1 is 1.04 bits per heavy atom. The zero-order valence-corrected chi connectivity index (χ0v) is 15.8. The van der Waals surface area contributed by atoms with Gasteiger partial charge < -0.3 is 14.2 Å². The quantitative estimate of drug-likeness (QED) is 0.240. The number of carbonyl (C=O) groups excluding carboxylic acids is 3. The van der Waals surface area contributed by atoms with Crippen LogP contribution in [-0.4, -0.2) is 37.2 Å². The fourth-order valence-corrected chi connectivity index (χ4v) is 2.84. The molecule has 1 aromatic rings. The molecule has 1 fully saturated rings. The van der Waals surface area contributed by atoms with Gasteiger partial charge in [-0.1, -0.05) is 43.7 Å². The van der Waals surface area contributed by atoms with Crippen LogP contribution in [0.2, 0.25) is 0 Å². The zero-order valence-electron chi connectivity index (χ0n) is 15.8. The Morgan fingerprint density at radius 3 is 2.15 bits per heavy atom. The number of esters is 3. The Labute approximate surface area is 158 Å². The molecule has 0 aromatic heterocycles. The second-order valence-corrected chi connectivity index (χ2v) is 5.88. The number of carbonyl (C=O) groups is 3. The summed E-state index contributed by atoms with van der Waals surface area (Å²) in [5.74, 6) is -2.50. The monoisotopic (exact) mass is 372 g/mol. The van der Waals surface area contributed by atoms with Crippen molar-refractivity contribution in [1.82, 2.24) is 0 Å². The van der Waals surface area contributed by atoms with Crippen LogP contribution in [0.1, 0.15) is 39.2 Å². The number of rotatable bonds is 7. The second-order valence-electron chi connectivity index (χ2n) is 5.88. The summed E-state index contributed by atoms with van der Waals surface area (Å²) in [5.41, 5.74) is 0.833. The molecule has 1 saturated heterocycles. The van der Waals surface area contributed by atoms with Gasteiger partial charge in [0.25, 0.3) is 0 Å². The van der Waals surface area contributed by atoms with E-state index in [4.69, 9.17) is 14.2 Å². The van der Waals surface area contributed by atoms with E-state index in [0.717, 1.165) is 12.0 Å². The highest BCUT2D eigenvalue weighted by Crippen LogP contribution is 2.34. The molecule has 1 atom stereocenters. The lowest BCUT2D eigenvalue weighted by atomic mass is 9.94. The van der Waals surface area contributed by atoms with Gasteiger partial charge in [-0.2, -0.15) is 0 Å². The smallest absolute Gasteiger partial charge is 0.346 e. The first kappa shape index (κ1) is 20.4. The van der Waals surface area contributed by atoms with Gasteiger partial charge in [-0.05, 0) is 31.9 Å². The average molecular weight is 372 g/mol. The summed E-state index contributed by atoms with van der Waals surface area (Å²) in [5, 5.41) is 0. The minimum absolute atomic E-state index is 0.0696. The summed E-state index contributed by atoms with van der Waals surface area (Å²) in [6, 6.07) is 9.33. The van der Waals surface area contributed by atoms with Gasteiger partial charge >= 0.3 is 17.9 Å². The maximum atomic E-state index is 12.6. The summed E-state index contributed by atoms with van der Waals surface area (Å²) >= 11 is 0. The third-order valence-corrected chi connectivity index (χ3v) is 3.97. The van der Waals surface area contributed by atoms with Crippen molar-refractivity contribution in [2.45, 2.75) is 39.7 Å². The highest BCUT2D eigenvalue weighted by atomic mass is 16.6. The standard InChI is InChI=1S/C21H24O6/c1-4-10-16-15(13-14-11-8-7-9-12-14)17(21(24)27-16)18(19(22)25-5-2)20(23)26-6-3/h7-9,11-13,16H,4-6,10H2,1-3H3/b15-13+. The van der Waals surface area contributed by atoms with E-state index < -0.39 is 29.6 Å². The van der Waals surface area contributed by atoms with E-state index in [1.54, 1.807) is 19.9 Å². The van der Waals surface area contributed by atoms with E-state index >= 15 is 0 Å². The third-order valence-electron chi connectivity index (χ3n) is 3.97. The number of ether oxygens (including phenoxy) is 3. The summed E-state index contributed by atoms with van der Waals surface area (Å²) < 4.78 is 15.4. The molecule has 0 bridgehead atoms. The van der Waals surface area contributed by atoms with Crippen molar-refractivity contribution in [2.24, 2.45) is 0 Å². The molecule has 6 heteroatoms. The topological polar surface area (TPSA) is 78.9 Å². The van der Waals surface area contributed by atoms with E-state index in [0.29, 0.717) is 12.0 Å². The second kappa shape index (κ2) is 9.71. The molecule has 1 aliphatic heterocycles. The Balaban J connectivity index is 2.66. The predicted octanol–water partition coefficient (Wildman–Crippen LogP) is 3.22. The van der Waals surface area contributed by atoms with Crippen LogP contribution in [0.4, 0.5) is 0 Å². The van der Waals surface area contributed by atoms with Crippen molar-refractivity contribution in [3.63, 3.8) is 0 Å². The number of hydrogen-bond donors (Lipinski definition) is 0. The van der Waals surface area contributed by atoms with Gasteiger partial charge in [-0.3, -0.25) is 0 Å². The van der Waals surface area contributed by atoms with E-state index in [1.165, 1.54) is 0 Å². The van der Waals surface area contributed by atoms with Crippen LogP contribution >= 0.6 is 0 Å². The largest absolute Gasteiger partial charge is 0.462 e. The summed E-state index contributed by atoms with van der Waals surface area (Å²) in [6.45, 7) is 5.35. The van der Waals surface area contributed by atoms with Gasteiger partial charge in [0.15, 0.2) is 5.57 Å². The fourth-order valence-electron chi connectivity index (χ4n) is 2.84. The molecular formula is C21H24O6. The first-order valence-electron chi connectivity index (χ1n) is 9.09. The lowest BCUT2D eigenvalue weighted by Crippen LogP contribution is -2.22. The highest BCUT2D eigenvalue weighted by Gasteiger charge is 2.41. The third kappa shape index (κ3) is 4.84. The molecule has 0 saturated carbocycles. The van der Waals surface area contributed by atoms with Crippen molar-refractivity contribution in [2.75, 3.05) is 13.2 Å². The van der Waals surface area contributed by atoms with Gasteiger partial charge in [0.1, 0.15) is 6.10 Å². The Hall–Kier alpha value is -2.89. The van der Waals surface area contributed by atoms with Crippen LogP contribution < -0.4 is 0 Å². The first-order valence-corrected chi connectivity index (χ1v) is 9.09. The minimum Gasteiger partial charge on any atom is -0.462 e. The van der Waals surface area contributed by atoms with E-state index in [-0.39, 0.29) is 18.8 Å². The van der Waals surface area contributed by atoms with Gasteiger partial charge in [-0.25, -0.2) is 14.4 Å². The molecule has 0 radical (unpaired) electrons. The summed E-state index contributed by atoms with van der Waals surface area (Å²) in [6.07, 6.45) is 2.58. The van der Waals surface area contributed by atoms with Gasteiger partial charge in [0.2, 0.25) is 0 Å². The maximum absolute atomic E-state index is 12.6. The summed E-state index contributed by atoms with van der Waals surface area (Å²) in [7, 11) is 0. The van der Waals surface area contributed by atoms with Crippen molar-refractivity contribution in [1.29, 1.82) is 0 Å². The van der Waals surface area contributed by atoms with E-state index in [2.05, 4.69) is 0 Å². The lowest BCUT2D eigenvalue weighted by Gasteiger charge is -2.11. The summed E-state index contributed by atoms with van der Waals surface area (Å²) in [4.78, 5) is 37.5. The van der Waals surface area contributed by atoms with Crippen LogP contribution in [0.3, 0.4) is 0 Å². The molecule has 0 spiro atoms. The first-order chi connectivity index (χ1) is 13.0. The highest BCUT2D eigenvalue weighted by molar-refractivity contribution is 6.21. The molecule has 1 heterocycles. The van der Waals surface area contributed by atoms with Crippen LogP contribution in [0.25, 0.3) is 6.08 Å². The van der Waals surface area contributed by atoms with Crippen molar-refractivity contribution >= 4 is 24.0 Å². The lowest BCUT2D eigenvalue weighted by molar-refractivity contribution is -0.148. The molecule has 144 valence electrons. The minimum atomic E-state index is -0.890. The van der Waals surface area contributed by atoms with E-state index in [9.17, 15) is 14.4 Å². The van der Waals surface area contributed by atoms with Crippen LogP contribution in [0.15, 0.2) is 47.1 Å². The number of hydrogen-bond acceptors (Lipinski definition) is 6. The fraction of sp³-hybridized carbons (Fsp3) is 0.381. The Bertz CT molecular complexity index is 740. The molecule has 0 N–H and O–H groups in total. The maximum Gasteiger partial charge on any atom is 0.346 e. The van der Waals surface area contributed by atoms with E-state index in [1.807, 2.05) is 37.3 Å². The molecule has 1 unspecified atom stereocenters. The SMILES string of the molecule is CCCC1OC(=O)C(=C(C(=O)OCC)C(=O)OCC)/C1=C/c1ccccc1. The molecule has 6 nitrogen and oxygen atoms in total. The zero-order chi connectivity index (χ0) is 19.8. The molecule has 1 aromatic carbocycles. The van der Waals surface area contributed by atoms with Crippen LogP contribution in [0, 0.1) is 0 Å². The number of cyclic esters (lactones) is 1. The van der Waals surface area contributed by atoms with Crippen LogP contribution in [-0.2, 0) is 28.6 Å². The van der Waals surface area contributed by atoms with Gasteiger partial charge in [-0.15, -0.1) is 0 Å². The molecular weight excluding hydrogens is 348 g/mol. The van der Waals surface area contributed by atoms with Gasteiger partial charge in [0, 0.05) is 5.57 Å². The van der Waals surface area contributed by atoms with Crippen LogP contribution in [0.5, 0.6) is 0 Å². The van der Waals surface area contributed by atoms with Gasteiger partial charge in [0.05, 0.1) is 18.8 Å². The Kier molecular flexibility index (Phi) is 7.34. The number of benzene rings is 1. The normalized spacial score (nSPS) is 17.6.